The minimum absolute atomic E-state index is 0.225. The standard InChI is InChI=1S/C10H11N3O/c11-10-12-7-6-9(13-10)14-8-4-2-1-3-5-8/h2,4-7H,1,3H2,(H2,11,12,13). The van der Waals surface area contributed by atoms with Gasteiger partial charge in [-0.1, -0.05) is 6.08 Å². The highest BCUT2D eigenvalue weighted by Gasteiger charge is 2.01. The van der Waals surface area contributed by atoms with Gasteiger partial charge >= 0.3 is 0 Å². The zero-order chi connectivity index (χ0) is 9.80. The first-order valence-corrected chi connectivity index (χ1v) is 4.48. The van der Waals surface area contributed by atoms with Crippen LogP contribution in [0.4, 0.5) is 5.95 Å². The average Bonchev–Trinajstić information content (AvgIpc) is 2.19. The van der Waals surface area contributed by atoms with E-state index in [4.69, 9.17) is 10.5 Å². The highest BCUT2D eigenvalue weighted by Crippen LogP contribution is 2.15. The van der Waals surface area contributed by atoms with Gasteiger partial charge in [0.2, 0.25) is 11.8 Å². The smallest absolute Gasteiger partial charge is 0.223 e. The van der Waals surface area contributed by atoms with Crippen LogP contribution < -0.4 is 10.5 Å². The Labute approximate surface area is 82.1 Å². The number of nitrogens with zero attached hydrogens (tertiary/aromatic N) is 2. The van der Waals surface area contributed by atoms with Crippen LogP contribution in [0, 0.1) is 0 Å². The maximum atomic E-state index is 5.48. The van der Waals surface area contributed by atoms with Crippen molar-refractivity contribution in [3.63, 3.8) is 0 Å². The van der Waals surface area contributed by atoms with Gasteiger partial charge in [-0.05, 0) is 25.0 Å². The topological polar surface area (TPSA) is 61.0 Å². The molecule has 2 N–H and O–H groups in total. The number of ether oxygens (including phenoxy) is 1. The lowest BCUT2D eigenvalue weighted by atomic mass is 10.2. The minimum atomic E-state index is 0.225. The number of nitrogen functional groups attached to an aromatic ring is 1. The van der Waals surface area contributed by atoms with Crippen molar-refractivity contribution in [3.05, 3.63) is 36.3 Å². The van der Waals surface area contributed by atoms with Crippen molar-refractivity contribution in [1.29, 1.82) is 0 Å². The summed E-state index contributed by atoms with van der Waals surface area (Å²) in [7, 11) is 0. The van der Waals surface area contributed by atoms with Gasteiger partial charge in [0, 0.05) is 12.3 Å². The molecule has 0 saturated carbocycles. The third-order valence-electron chi connectivity index (χ3n) is 1.83. The zero-order valence-corrected chi connectivity index (χ0v) is 7.68. The van der Waals surface area contributed by atoms with Gasteiger partial charge in [0.05, 0.1) is 0 Å². The predicted molar refractivity (Wildman–Crippen MR) is 53.5 cm³/mol. The monoisotopic (exact) mass is 189 g/mol. The van der Waals surface area contributed by atoms with E-state index in [2.05, 4.69) is 16.0 Å². The van der Waals surface area contributed by atoms with Crippen LogP contribution in [-0.2, 0) is 0 Å². The summed E-state index contributed by atoms with van der Waals surface area (Å²) < 4.78 is 5.48. The molecule has 0 aromatic carbocycles. The highest BCUT2D eigenvalue weighted by molar-refractivity contribution is 5.25. The quantitative estimate of drug-likeness (QED) is 0.768. The molecule has 14 heavy (non-hydrogen) atoms. The number of nitrogens with two attached hydrogens (primary N) is 1. The van der Waals surface area contributed by atoms with E-state index in [1.807, 2.05) is 12.2 Å². The van der Waals surface area contributed by atoms with Crippen molar-refractivity contribution in [2.45, 2.75) is 12.8 Å². The Bertz CT molecular complexity index is 385. The third kappa shape index (κ3) is 2.10. The molecule has 1 aromatic heterocycles. The summed E-state index contributed by atoms with van der Waals surface area (Å²) in [5.74, 6) is 1.52. The van der Waals surface area contributed by atoms with Crippen molar-refractivity contribution in [1.82, 2.24) is 9.97 Å². The van der Waals surface area contributed by atoms with E-state index in [1.54, 1.807) is 12.3 Å². The Balaban J connectivity index is 2.10. The lowest BCUT2D eigenvalue weighted by Gasteiger charge is -2.07. The molecule has 0 bridgehead atoms. The molecular formula is C10H11N3O. The van der Waals surface area contributed by atoms with Gasteiger partial charge in [0.15, 0.2) is 0 Å². The second-order valence-corrected chi connectivity index (χ2v) is 2.94. The molecule has 0 spiro atoms. The van der Waals surface area contributed by atoms with Crippen LogP contribution in [-0.4, -0.2) is 9.97 Å². The van der Waals surface area contributed by atoms with Crippen LogP contribution in [0.5, 0.6) is 5.88 Å². The molecule has 1 aliphatic rings. The van der Waals surface area contributed by atoms with Crippen molar-refractivity contribution in [2.24, 2.45) is 0 Å². The van der Waals surface area contributed by atoms with Gasteiger partial charge in [0.1, 0.15) is 5.76 Å². The molecule has 0 radical (unpaired) electrons. The van der Waals surface area contributed by atoms with Crippen LogP contribution >= 0.6 is 0 Å². The molecule has 1 aliphatic carbocycles. The van der Waals surface area contributed by atoms with E-state index in [1.165, 1.54) is 0 Å². The van der Waals surface area contributed by atoms with E-state index in [0.717, 1.165) is 18.6 Å². The summed E-state index contributed by atoms with van der Waals surface area (Å²) >= 11 is 0. The number of rotatable bonds is 2. The number of anilines is 1. The lowest BCUT2D eigenvalue weighted by Crippen LogP contribution is -2.00. The maximum absolute atomic E-state index is 5.48. The van der Waals surface area contributed by atoms with Crippen LogP contribution in [0.25, 0.3) is 0 Å². The SMILES string of the molecule is Nc1nccc(OC2=CCCC=C2)n1. The Hall–Kier alpha value is -1.84. The number of hydrogen-bond donors (Lipinski definition) is 1. The summed E-state index contributed by atoms with van der Waals surface area (Å²) in [5.41, 5.74) is 5.42. The van der Waals surface area contributed by atoms with Crippen molar-refractivity contribution in [3.8, 4) is 5.88 Å². The van der Waals surface area contributed by atoms with E-state index >= 15 is 0 Å². The van der Waals surface area contributed by atoms with E-state index in [-0.39, 0.29) is 5.95 Å². The first-order chi connectivity index (χ1) is 6.84. The Morgan fingerprint density at radius 1 is 1.36 bits per heavy atom. The fourth-order valence-electron chi connectivity index (χ4n) is 1.20. The number of aromatic nitrogens is 2. The molecular weight excluding hydrogens is 178 g/mol. The molecule has 0 aliphatic heterocycles. The number of hydrogen-bond acceptors (Lipinski definition) is 4. The zero-order valence-electron chi connectivity index (χ0n) is 7.68. The van der Waals surface area contributed by atoms with Crippen molar-refractivity contribution in [2.75, 3.05) is 5.73 Å². The second-order valence-electron chi connectivity index (χ2n) is 2.94. The van der Waals surface area contributed by atoms with Gasteiger partial charge in [-0.25, -0.2) is 4.98 Å². The minimum Gasteiger partial charge on any atom is -0.439 e. The molecule has 0 amide bonds. The Kier molecular flexibility index (Phi) is 2.44. The summed E-state index contributed by atoms with van der Waals surface area (Å²) in [6.45, 7) is 0. The van der Waals surface area contributed by atoms with Gasteiger partial charge in [0.25, 0.3) is 0 Å². The fourth-order valence-corrected chi connectivity index (χ4v) is 1.20. The van der Waals surface area contributed by atoms with Crippen molar-refractivity contribution < 1.29 is 4.74 Å². The van der Waals surface area contributed by atoms with Crippen molar-refractivity contribution >= 4 is 5.95 Å². The molecule has 1 heterocycles. The molecule has 4 heteroatoms. The number of allylic oxidation sites excluding steroid dienone is 3. The first-order valence-electron chi connectivity index (χ1n) is 4.48. The summed E-state index contributed by atoms with van der Waals surface area (Å²) in [6, 6.07) is 1.68. The first kappa shape index (κ1) is 8.74. The molecule has 4 nitrogen and oxygen atoms in total. The van der Waals surface area contributed by atoms with E-state index in [9.17, 15) is 0 Å². The van der Waals surface area contributed by atoms with Crippen LogP contribution in [0.3, 0.4) is 0 Å². The summed E-state index contributed by atoms with van der Waals surface area (Å²) in [6.07, 6.45) is 9.68. The third-order valence-corrected chi connectivity index (χ3v) is 1.83. The molecule has 2 rings (SSSR count). The van der Waals surface area contributed by atoms with Gasteiger partial charge in [-0.15, -0.1) is 0 Å². The highest BCUT2D eigenvalue weighted by atomic mass is 16.5. The normalized spacial score (nSPS) is 15.0. The fraction of sp³-hybridized carbons (Fsp3) is 0.200. The Morgan fingerprint density at radius 2 is 2.29 bits per heavy atom. The average molecular weight is 189 g/mol. The Morgan fingerprint density at radius 3 is 3.00 bits per heavy atom. The molecule has 0 fully saturated rings. The summed E-state index contributed by atoms with van der Waals surface area (Å²) in [5, 5.41) is 0. The summed E-state index contributed by atoms with van der Waals surface area (Å²) in [4.78, 5) is 7.72. The van der Waals surface area contributed by atoms with Gasteiger partial charge in [-0.2, -0.15) is 4.98 Å². The molecule has 0 unspecified atom stereocenters. The van der Waals surface area contributed by atoms with E-state index in [0.29, 0.717) is 5.88 Å². The van der Waals surface area contributed by atoms with E-state index < -0.39 is 0 Å². The van der Waals surface area contributed by atoms with Gasteiger partial charge < -0.3 is 10.5 Å². The molecule has 1 aromatic rings. The molecule has 0 atom stereocenters. The van der Waals surface area contributed by atoms with Gasteiger partial charge in [-0.3, -0.25) is 0 Å². The molecule has 72 valence electrons. The molecule has 0 saturated heterocycles. The second kappa shape index (κ2) is 3.91. The largest absolute Gasteiger partial charge is 0.439 e. The lowest BCUT2D eigenvalue weighted by molar-refractivity contribution is 0.421. The maximum Gasteiger partial charge on any atom is 0.223 e. The van der Waals surface area contributed by atoms with Crippen LogP contribution in [0.15, 0.2) is 36.3 Å². The van der Waals surface area contributed by atoms with Crippen LogP contribution in [0.1, 0.15) is 12.8 Å². The predicted octanol–water partition coefficient (Wildman–Crippen LogP) is 1.67. The van der Waals surface area contributed by atoms with Crippen LogP contribution in [0.2, 0.25) is 0 Å².